The van der Waals surface area contributed by atoms with Crippen molar-refractivity contribution in [3.05, 3.63) is 0 Å². The van der Waals surface area contributed by atoms with Crippen LogP contribution >= 0.6 is 11.6 Å². The fourth-order valence-corrected chi connectivity index (χ4v) is 0.329. The average Bonchev–Trinajstić information content (AvgIpc) is 1.78. The van der Waals surface area contributed by atoms with Crippen LogP contribution in [0.3, 0.4) is 0 Å². The zero-order valence-electron chi connectivity index (χ0n) is 5.91. The summed E-state index contributed by atoms with van der Waals surface area (Å²) in [6.07, 6.45) is -4.67. The first-order chi connectivity index (χ1) is 5.13. The van der Waals surface area contributed by atoms with Crippen LogP contribution in [0, 0.1) is 0 Å². The number of alkyl halides is 5. The fourth-order valence-electron chi connectivity index (χ4n) is 0.274. The molecule has 0 spiro atoms. The Bertz CT molecular complexity index is 171. The molecule has 0 aromatic carbocycles. The molecule has 0 N–H and O–H groups in total. The maximum absolute atomic E-state index is 12.3. The van der Waals surface area contributed by atoms with E-state index in [1.165, 1.54) is 0 Å². The van der Waals surface area contributed by atoms with Gasteiger partial charge < -0.3 is 4.74 Å². The molecule has 72 valence electrons. The Morgan fingerprint density at radius 3 is 2.08 bits per heavy atom. The van der Waals surface area contributed by atoms with Crippen molar-refractivity contribution in [3.63, 3.8) is 0 Å². The third-order valence-corrected chi connectivity index (χ3v) is 0.880. The second-order valence-corrected chi connectivity index (χ2v) is 2.79. The summed E-state index contributed by atoms with van der Waals surface area (Å²) in [4.78, 5) is 10.3. The van der Waals surface area contributed by atoms with Crippen LogP contribution in [0.25, 0.3) is 0 Å². The molecule has 1 unspecified atom stereocenters. The quantitative estimate of drug-likeness (QED) is 0.394. The van der Waals surface area contributed by atoms with Gasteiger partial charge in [-0.3, -0.25) is 0 Å². The van der Waals surface area contributed by atoms with Crippen molar-refractivity contribution in [3.8, 4) is 0 Å². The minimum atomic E-state index is -4.67. The maximum Gasteiger partial charge on any atom is 0.422 e. The first-order valence-electron chi connectivity index (χ1n) is 2.75. The molecular weight excluding hydrogens is 203 g/mol. The van der Waals surface area contributed by atoms with E-state index in [1.807, 2.05) is 0 Å². The predicted octanol–water partition coefficient (Wildman–Crippen LogP) is 2.02. The molecule has 0 aromatic heterocycles. The van der Waals surface area contributed by atoms with E-state index in [0.29, 0.717) is 6.92 Å². The summed E-state index contributed by atoms with van der Waals surface area (Å²) >= 11 is 4.70. The van der Waals surface area contributed by atoms with Crippen LogP contribution in [0.15, 0.2) is 0 Å². The molecule has 0 heterocycles. The van der Waals surface area contributed by atoms with Crippen LogP contribution in [0.1, 0.15) is 6.92 Å². The molecule has 7 heteroatoms. The van der Waals surface area contributed by atoms with Gasteiger partial charge in [0.05, 0.1) is 0 Å². The number of hydrogen-bond acceptors (Lipinski definition) is 2. The van der Waals surface area contributed by atoms with Crippen LogP contribution in [0.2, 0.25) is 0 Å². The minimum absolute atomic E-state index is 0.591. The molecule has 0 saturated heterocycles. The van der Waals surface area contributed by atoms with Gasteiger partial charge in [0.15, 0.2) is 6.61 Å². The SMILES string of the molecule is CC(F)(Cl)C(=O)OCC(F)(F)F. The number of ether oxygens (including phenoxy) is 1. The summed E-state index contributed by atoms with van der Waals surface area (Å²) < 4.78 is 49.9. The third-order valence-electron chi connectivity index (χ3n) is 0.725. The smallest absolute Gasteiger partial charge is 0.422 e. The molecule has 0 rings (SSSR count). The summed E-state index contributed by atoms with van der Waals surface area (Å²) in [5.41, 5.74) is 0. The standard InChI is InChI=1S/C5H5ClF4O2/c1-4(6,7)3(11)12-2-5(8,9)10/h2H2,1H3. The van der Waals surface area contributed by atoms with Gasteiger partial charge in [-0.1, -0.05) is 11.6 Å². The van der Waals surface area contributed by atoms with Crippen molar-refractivity contribution in [2.75, 3.05) is 6.61 Å². The lowest BCUT2D eigenvalue weighted by atomic mass is 10.4. The van der Waals surface area contributed by atoms with E-state index in [4.69, 9.17) is 11.6 Å². The van der Waals surface area contributed by atoms with Gasteiger partial charge in [0.2, 0.25) is 0 Å². The molecular formula is C5H5ClF4O2. The molecule has 0 aliphatic heterocycles. The van der Waals surface area contributed by atoms with Gasteiger partial charge in [-0.25, -0.2) is 9.18 Å². The van der Waals surface area contributed by atoms with E-state index in [-0.39, 0.29) is 0 Å². The van der Waals surface area contributed by atoms with Crippen molar-refractivity contribution < 1.29 is 27.1 Å². The minimum Gasteiger partial charge on any atom is -0.453 e. The summed E-state index contributed by atoms with van der Waals surface area (Å²) in [5.74, 6) is -1.75. The van der Waals surface area contributed by atoms with Gasteiger partial charge in [0, 0.05) is 0 Å². The van der Waals surface area contributed by atoms with E-state index < -0.39 is 23.9 Å². The number of hydrogen-bond donors (Lipinski definition) is 0. The summed E-state index contributed by atoms with van der Waals surface area (Å²) in [5, 5.41) is -2.91. The molecule has 0 bridgehead atoms. The number of rotatable bonds is 2. The second-order valence-electron chi connectivity index (χ2n) is 2.08. The summed E-state index contributed by atoms with van der Waals surface area (Å²) in [7, 11) is 0. The van der Waals surface area contributed by atoms with Crippen molar-refractivity contribution in [2.24, 2.45) is 0 Å². The van der Waals surface area contributed by atoms with Crippen molar-refractivity contribution in [2.45, 2.75) is 18.2 Å². The van der Waals surface area contributed by atoms with E-state index in [1.54, 1.807) is 0 Å². The maximum atomic E-state index is 12.3. The van der Waals surface area contributed by atoms with Crippen LogP contribution in [0.4, 0.5) is 17.6 Å². The van der Waals surface area contributed by atoms with Crippen molar-refractivity contribution >= 4 is 17.6 Å². The summed E-state index contributed by atoms with van der Waals surface area (Å²) in [6, 6.07) is 0. The molecule has 0 fully saturated rings. The monoisotopic (exact) mass is 208 g/mol. The molecule has 2 nitrogen and oxygen atoms in total. The molecule has 0 aromatic rings. The van der Waals surface area contributed by atoms with Gasteiger partial charge in [-0.2, -0.15) is 13.2 Å². The van der Waals surface area contributed by atoms with Gasteiger partial charge in [-0.05, 0) is 6.92 Å². The van der Waals surface area contributed by atoms with E-state index >= 15 is 0 Å². The van der Waals surface area contributed by atoms with Crippen LogP contribution in [-0.4, -0.2) is 23.9 Å². The van der Waals surface area contributed by atoms with Gasteiger partial charge in [0.1, 0.15) is 0 Å². The Kier molecular flexibility index (Phi) is 3.32. The zero-order valence-corrected chi connectivity index (χ0v) is 6.67. The molecule has 0 radical (unpaired) electrons. The highest BCUT2D eigenvalue weighted by Gasteiger charge is 2.36. The van der Waals surface area contributed by atoms with Gasteiger partial charge >= 0.3 is 12.1 Å². The molecule has 0 aliphatic carbocycles. The number of halogens is 5. The lowest BCUT2D eigenvalue weighted by Gasteiger charge is -2.12. The van der Waals surface area contributed by atoms with Crippen LogP contribution in [-0.2, 0) is 9.53 Å². The first kappa shape index (κ1) is 11.5. The Labute approximate surface area is 70.4 Å². The van der Waals surface area contributed by atoms with Crippen molar-refractivity contribution in [1.29, 1.82) is 0 Å². The average molecular weight is 209 g/mol. The van der Waals surface area contributed by atoms with Gasteiger partial charge in [-0.15, -0.1) is 0 Å². The first-order valence-corrected chi connectivity index (χ1v) is 3.12. The highest BCUT2D eigenvalue weighted by atomic mass is 35.5. The Balaban J connectivity index is 3.90. The lowest BCUT2D eigenvalue weighted by Crippen LogP contribution is -2.30. The molecule has 12 heavy (non-hydrogen) atoms. The van der Waals surface area contributed by atoms with Gasteiger partial charge in [0.25, 0.3) is 5.13 Å². The highest BCUT2D eigenvalue weighted by molar-refractivity contribution is 6.32. The largest absolute Gasteiger partial charge is 0.453 e. The fraction of sp³-hybridized carbons (Fsp3) is 0.800. The lowest BCUT2D eigenvalue weighted by molar-refractivity contribution is -0.190. The Hall–Kier alpha value is -0.520. The van der Waals surface area contributed by atoms with E-state index in [0.717, 1.165) is 0 Å². The van der Waals surface area contributed by atoms with Crippen molar-refractivity contribution in [1.82, 2.24) is 0 Å². The highest BCUT2D eigenvalue weighted by Crippen LogP contribution is 2.20. The number of esters is 1. The molecule has 0 aliphatic rings. The Morgan fingerprint density at radius 1 is 1.42 bits per heavy atom. The normalized spacial score (nSPS) is 16.8. The zero-order chi connectivity index (χ0) is 9.99. The third kappa shape index (κ3) is 5.17. The molecule has 0 saturated carbocycles. The second kappa shape index (κ2) is 3.47. The Morgan fingerprint density at radius 2 is 1.83 bits per heavy atom. The summed E-state index contributed by atoms with van der Waals surface area (Å²) in [6.45, 7) is -1.24. The van der Waals surface area contributed by atoms with Crippen LogP contribution in [0.5, 0.6) is 0 Å². The van der Waals surface area contributed by atoms with Crippen LogP contribution < -0.4 is 0 Å². The molecule has 0 amide bonds. The number of carbonyl (C=O) groups is 1. The van der Waals surface area contributed by atoms with E-state index in [9.17, 15) is 22.4 Å². The van der Waals surface area contributed by atoms with E-state index in [2.05, 4.69) is 4.74 Å². The predicted molar refractivity (Wildman–Crippen MR) is 32.4 cm³/mol. The topological polar surface area (TPSA) is 26.3 Å². The molecule has 1 atom stereocenters. The number of carbonyl (C=O) groups excluding carboxylic acids is 1.